The molecule has 0 spiro atoms. The molecule has 1 heterocycles. The zero-order valence-electron chi connectivity index (χ0n) is 17.1. The number of amides is 1. The van der Waals surface area contributed by atoms with Gasteiger partial charge in [0.15, 0.2) is 17.1 Å². The second-order valence-corrected chi connectivity index (χ2v) is 7.83. The van der Waals surface area contributed by atoms with Gasteiger partial charge in [0.25, 0.3) is 12.3 Å². The lowest BCUT2D eigenvalue weighted by atomic mass is 9.91. The number of aliphatic hydroxyl groups excluding tert-OH is 2. The van der Waals surface area contributed by atoms with Crippen molar-refractivity contribution in [2.45, 2.75) is 56.8 Å². The van der Waals surface area contributed by atoms with Crippen molar-refractivity contribution in [2.24, 2.45) is 0 Å². The second-order valence-electron chi connectivity index (χ2n) is 7.83. The van der Waals surface area contributed by atoms with Gasteiger partial charge in [-0.3, -0.25) is 4.79 Å². The molecule has 0 aliphatic heterocycles. The van der Waals surface area contributed by atoms with Gasteiger partial charge in [-0.2, -0.15) is 0 Å². The van der Waals surface area contributed by atoms with E-state index >= 15 is 0 Å². The second kappa shape index (κ2) is 9.21. The minimum Gasteiger partial charge on any atom is -0.393 e. The molecule has 1 saturated carbocycles. The Morgan fingerprint density at radius 2 is 2.06 bits per heavy atom. The maximum atomic E-state index is 13.4. The van der Waals surface area contributed by atoms with Crippen LogP contribution >= 0.6 is 0 Å². The van der Waals surface area contributed by atoms with Crippen molar-refractivity contribution in [1.82, 2.24) is 15.3 Å². The van der Waals surface area contributed by atoms with Crippen molar-refractivity contribution < 1.29 is 28.9 Å². The van der Waals surface area contributed by atoms with Crippen molar-refractivity contribution in [3.63, 3.8) is 0 Å². The van der Waals surface area contributed by atoms with Gasteiger partial charge >= 0.3 is 0 Å². The van der Waals surface area contributed by atoms with Crippen LogP contribution in [0.25, 0.3) is 11.3 Å². The first-order valence-electron chi connectivity index (χ1n) is 10.0. The molecular formula is C21H26F2N4O4. The molecule has 3 atom stereocenters. The van der Waals surface area contributed by atoms with Crippen LogP contribution in [0.4, 0.5) is 14.6 Å². The first-order chi connectivity index (χ1) is 14.7. The fourth-order valence-electron chi connectivity index (χ4n) is 3.67. The molecule has 168 valence electrons. The number of rotatable bonds is 6. The molecule has 1 aromatic heterocycles. The summed E-state index contributed by atoms with van der Waals surface area (Å²) in [6.45, 7) is 0.535. The van der Waals surface area contributed by atoms with E-state index in [2.05, 4.69) is 15.3 Å². The molecule has 31 heavy (non-hydrogen) atoms. The summed E-state index contributed by atoms with van der Waals surface area (Å²) in [5.41, 5.74) is 3.94. The molecule has 1 amide bonds. The normalized spacial score (nSPS) is 21.0. The highest BCUT2D eigenvalue weighted by molar-refractivity contribution is 5.97. The van der Waals surface area contributed by atoms with Gasteiger partial charge in [0.2, 0.25) is 0 Å². The predicted octanol–water partition coefficient (Wildman–Crippen LogP) is 1.51. The van der Waals surface area contributed by atoms with E-state index < -0.39 is 36.7 Å². The number of aromatic nitrogens is 2. The molecule has 8 nitrogen and oxygen atoms in total. The maximum absolute atomic E-state index is 13.4. The fraction of sp³-hybridized carbons (Fsp3) is 0.476. The third-order valence-electron chi connectivity index (χ3n) is 5.68. The summed E-state index contributed by atoms with van der Waals surface area (Å²) >= 11 is 0. The van der Waals surface area contributed by atoms with Crippen molar-refractivity contribution in [1.29, 1.82) is 0 Å². The summed E-state index contributed by atoms with van der Waals surface area (Å²) in [5, 5.41) is 32.3. The first-order valence-corrected chi connectivity index (χ1v) is 10.0. The summed E-state index contributed by atoms with van der Waals surface area (Å²) in [7, 11) is 0. The average molecular weight is 436 g/mol. The molecule has 3 rings (SSSR count). The minimum absolute atomic E-state index is 0.111. The number of nitrogens with zero attached hydrogens (tertiary/aromatic N) is 2. The molecular weight excluding hydrogens is 410 g/mol. The lowest BCUT2D eigenvalue weighted by Gasteiger charge is -2.28. The smallest absolute Gasteiger partial charge is 0.274 e. The van der Waals surface area contributed by atoms with Crippen molar-refractivity contribution in [2.75, 3.05) is 12.3 Å². The molecule has 1 aliphatic rings. The molecule has 6 N–H and O–H groups in total. The van der Waals surface area contributed by atoms with E-state index in [0.717, 1.165) is 12.8 Å². The Morgan fingerprint density at radius 3 is 2.71 bits per heavy atom. The lowest BCUT2D eigenvalue weighted by molar-refractivity contribution is -0.129. The van der Waals surface area contributed by atoms with Crippen molar-refractivity contribution >= 4 is 11.7 Å². The Bertz CT molecular complexity index is 959. The van der Waals surface area contributed by atoms with Crippen molar-refractivity contribution in [3.05, 3.63) is 41.2 Å². The number of hydrogen-bond donors (Lipinski definition) is 5. The molecule has 0 radical (unpaired) electrons. The van der Waals surface area contributed by atoms with Gasteiger partial charge < -0.3 is 26.4 Å². The Labute approximate surface area is 178 Å². The summed E-state index contributed by atoms with van der Waals surface area (Å²) in [4.78, 5) is 21.0. The summed E-state index contributed by atoms with van der Waals surface area (Å²) in [6, 6.07) is 3.67. The monoisotopic (exact) mass is 436 g/mol. The third-order valence-corrected chi connectivity index (χ3v) is 5.68. The quantitative estimate of drug-likeness (QED) is 0.462. The molecule has 1 aromatic carbocycles. The van der Waals surface area contributed by atoms with Gasteiger partial charge in [-0.25, -0.2) is 18.7 Å². The predicted molar refractivity (Wildman–Crippen MR) is 109 cm³/mol. The topological polar surface area (TPSA) is 142 Å². The van der Waals surface area contributed by atoms with Gasteiger partial charge in [-0.15, -0.1) is 0 Å². The van der Waals surface area contributed by atoms with Crippen LogP contribution in [0.1, 0.15) is 47.3 Å². The van der Waals surface area contributed by atoms with Gasteiger partial charge in [-0.05, 0) is 37.0 Å². The maximum Gasteiger partial charge on any atom is 0.274 e. The largest absolute Gasteiger partial charge is 0.393 e. The number of carbonyl (C=O) groups excluding carboxylic acids is 1. The highest BCUT2D eigenvalue weighted by Gasteiger charge is 2.39. The van der Waals surface area contributed by atoms with Gasteiger partial charge in [0.05, 0.1) is 30.6 Å². The van der Waals surface area contributed by atoms with E-state index in [1.807, 2.05) is 0 Å². The van der Waals surface area contributed by atoms with E-state index in [-0.39, 0.29) is 22.8 Å². The summed E-state index contributed by atoms with van der Waals surface area (Å²) < 4.78 is 26.7. The number of nitrogen functional groups attached to an aromatic ring is 1. The fourth-order valence-corrected chi connectivity index (χ4v) is 3.67. The number of nitrogens with two attached hydrogens (primary N) is 1. The highest BCUT2D eigenvalue weighted by atomic mass is 19.3. The van der Waals surface area contributed by atoms with E-state index in [9.17, 15) is 28.9 Å². The van der Waals surface area contributed by atoms with Crippen LogP contribution in [0.2, 0.25) is 0 Å². The zero-order chi connectivity index (χ0) is 22.8. The van der Waals surface area contributed by atoms with Crippen LogP contribution < -0.4 is 11.1 Å². The number of benzene rings is 1. The zero-order valence-corrected chi connectivity index (χ0v) is 17.1. The van der Waals surface area contributed by atoms with Gasteiger partial charge in [0, 0.05) is 5.56 Å². The van der Waals surface area contributed by atoms with Crippen molar-refractivity contribution in [3.8, 4) is 11.3 Å². The van der Waals surface area contributed by atoms with E-state index in [1.54, 1.807) is 6.92 Å². The van der Waals surface area contributed by atoms with Crippen LogP contribution in [-0.4, -0.2) is 56.4 Å². The molecule has 1 aliphatic carbocycles. The minimum atomic E-state index is -3.21. The number of halogens is 2. The van der Waals surface area contributed by atoms with Gasteiger partial charge in [0.1, 0.15) is 0 Å². The standard InChI is InChI=1S/C21H26F2N4O4/c1-11-6-7-12(21(31,10-28)20(22)23)8-13(11)15-9-25-18(24)17(26-15)19(30)27-14-4-2-3-5-16(14)29/h6-9,14,16,20,28-29,31H,2-5,10H2,1H3,(H2,24,25)(H,27,30)/t14-,16-,21+/m0/s1. The Morgan fingerprint density at radius 1 is 1.35 bits per heavy atom. The number of aliphatic hydroxyl groups is 3. The summed E-state index contributed by atoms with van der Waals surface area (Å²) in [6.07, 6.45) is 0.429. The molecule has 2 aromatic rings. The number of alkyl halides is 2. The SMILES string of the molecule is Cc1ccc([C@](O)(CO)C(F)F)cc1-c1cnc(N)c(C(=O)N[C@H]2CCCC[C@@H]2O)n1. The molecule has 0 unspecified atom stereocenters. The Balaban J connectivity index is 1.96. The van der Waals surface area contributed by atoms with E-state index in [0.29, 0.717) is 24.0 Å². The third kappa shape index (κ3) is 4.65. The molecule has 1 fully saturated rings. The van der Waals surface area contributed by atoms with Crippen LogP contribution in [0, 0.1) is 6.92 Å². The highest BCUT2D eigenvalue weighted by Crippen LogP contribution is 2.32. The van der Waals surface area contributed by atoms with Gasteiger partial charge in [-0.1, -0.05) is 25.0 Å². The first kappa shape index (κ1) is 23.0. The molecule has 0 saturated heterocycles. The summed E-state index contributed by atoms with van der Waals surface area (Å²) in [5.74, 6) is -0.703. The van der Waals surface area contributed by atoms with Crippen LogP contribution in [0.15, 0.2) is 24.4 Å². The number of carbonyl (C=O) groups is 1. The van der Waals surface area contributed by atoms with E-state index in [4.69, 9.17) is 5.73 Å². The molecule has 10 heteroatoms. The average Bonchev–Trinajstić information content (AvgIpc) is 2.75. The Kier molecular flexibility index (Phi) is 6.83. The number of anilines is 1. The van der Waals surface area contributed by atoms with E-state index in [1.165, 1.54) is 24.4 Å². The number of aryl methyl sites for hydroxylation is 1. The van der Waals surface area contributed by atoms with Crippen LogP contribution in [0.5, 0.6) is 0 Å². The van der Waals surface area contributed by atoms with Crippen LogP contribution in [-0.2, 0) is 5.60 Å². The lowest BCUT2D eigenvalue weighted by Crippen LogP contribution is -2.45. The number of nitrogens with one attached hydrogen (secondary N) is 1. The number of hydrogen-bond acceptors (Lipinski definition) is 7. The van der Waals surface area contributed by atoms with Crippen LogP contribution in [0.3, 0.4) is 0 Å². The Hall–Kier alpha value is -2.69. The molecule has 0 bridgehead atoms.